The number of alkyl halides is 1. The molecule has 0 bridgehead atoms. The Morgan fingerprint density at radius 1 is 1.11 bits per heavy atom. The molecule has 0 spiro atoms. The van der Waals surface area contributed by atoms with Crippen LogP contribution >= 0.6 is 15.9 Å². The molecule has 0 heterocycles. The third-order valence-electron chi connectivity index (χ3n) is 2.80. The third-order valence-corrected chi connectivity index (χ3v) is 3.41. The lowest BCUT2D eigenvalue weighted by atomic mass is 10.1. The third kappa shape index (κ3) is 3.10. The summed E-state index contributed by atoms with van der Waals surface area (Å²) in [4.78, 5) is 0. The van der Waals surface area contributed by atoms with E-state index < -0.39 is 0 Å². The molecule has 2 rings (SSSR count). The van der Waals surface area contributed by atoms with Crippen LogP contribution in [0.1, 0.15) is 16.7 Å². The Labute approximate surface area is 115 Å². The van der Waals surface area contributed by atoms with Crippen LogP contribution in [0.4, 0.5) is 4.39 Å². The zero-order valence-electron chi connectivity index (χ0n) is 10.1. The van der Waals surface area contributed by atoms with Crippen LogP contribution in [0.3, 0.4) is 0 Å². The molecule has 18 heavy (non-hydrogen) atoms. The maximum absolute atomic E-state index is 13.0. The lowest BCUT2D eigenvalue weighted by Crippen LogP contribution is -2.00. The Kier molecular flexibility index (Phi) is 4.37. The second-order valence-corrected chi connectivity index (χ2v) is 4.66. The zero-order valence-corrected chi connectivity index (χ0v) is 11.7. The van der Waals surface area contributed by atoms with E-state index in [0.717, 1.165) is 27.8 Å². The summed E-state index contributed by atoms with van der Waals surface area (Å²) >= 11 is 3.43. The van der Waals surface area contributed by atoms with Gasteiger partial charge in [0, 0.05) is 10.9 Å². The van der Waals surface area contributed by atoms with Gasteiger partial charge in [-0.05, 0) is 36.2 Å². The van der Waals surface area contributed by atoms with Crippen LogP contribution < -0.4 is 4.74 Å². The van der Waals surface area contributed by atoms with E-state index in [1.807, 2.05) is 31.2 Å². The molecule has 0 fully saturated rings. The molecule has 0 amide bonds. The van der Waals surface area contributed by atoms with E-state index in [2.05, 4.69) is 15.9 Å². The maximum Gasteiger partial charge on any atom is 0.123 e. The van der Waals surface area contributed by atoms with Gasteiger partial charge in [0.05, 0.1) is 0 Å². The van der Waals surface area contributed by atoms with Crippen LogP contribution in [-0.2, 0) is 11.9 Å². The number of hydrogen-bond acceptors (Lipinski definition) is 1. The summed E-state index contributed by atoms with van der Waals surface area (Å²) in [6.45, 7) is 2.34. The van der Waals surface area contributed by atoms with E-state index in [1.165, 1.54) is 12.1 Å². The molecule has 0 atom stereocenters. The first-order valence-electron chi connectivity index (χ1n) is 5.72. The quantitative estimate of drug-likeness (QED) is 0.750. The van der Waals surface area contributed by atoms with Gasteiger partial charge in [-0.25, -0.2) is 4.39 Å². The number of benzene rings is 2. The normalized spacial score (nSPS) is 10.4. The van der Waals surface area contributed by atoms with Gasteiger partial charge in [-0.3, -0.25) is 0 Å². The maximum atomic E-state index is 13.0. The number of hydrogen-bond donors (Lipinski definition) is 0. The smallest absolute Gasteiger partial charge is 0.123 e. The first-order valence-corrected chi connectivity index (χ1v) is 6.84. The molecule has 0 aliphatic heterocycles. The molecule has 3 heteroatoms. The van der Waals surface area contributed by atoms with Crippen LogP contribution in [0.15, 0.2) is 42.5 Å². The second-order valence-electron chi connectivity index (χ2n) is 4.10. The molecule has 0 saturated heterocycles. The van der Waals surface area contributed by atoms with E-state index in [4.69, 9.17) is 4.74 Å². The molecule has 0 unspecified atom stereocenters. The molecule has 0 N–H and O–H groups in total. The van der Waals surface area contributed by atoms with Gasteiger partial charge in [0.1, 0.15) is 18.2 Å². The number of ether oxygens (including phenoxy) is 1. The lowest BCUT2D eigenvalue weighted by molar-refractivity contribution is 0.303. The molecule has 2 aromatic carbocycles. The van der Waals surface area contributed by atoms with Crippen molar-refractivity contribution in [1.82, 2.24) is 0 Å². The minimum atomic E-state index is -0.211. The SMILES string of the molecule is Cc1cc(F)ccc1COc1ccccc1CBr. The van der Waals surface area contributed by atoms with E-state index in [1.54, 1.807) is 6.07 Å². The van der Waals surface area contributed by atoms with Gasteiger partial charge in [-0.15, -0.1) is 0 Å². The molecule has 1 nitrogen and oxygen atoms in total. The fourth-order valence-electron chi connectivity index (χ4n) is 1.73. The summed E-state index contributed by atoms with van der Waals surface area (Å²) in [6, 6.07) is 12.6. The fraction of sp³-hybridized carbons (Fsp3) is 0.200. The first-order chi connectivity index (χ1) is 8.70. The van der Waals surface area contributed by atoms with Gasteiger partial charge >= 0.3 is 0 Å². The van der Waals surface area contributed by atoms with Gasteiger partial charge in [-0.2, -0.15) is 0 Å². The highest BCUT2D eigenvalue weighted by atomic mass is 79.9. The predicted octanol–water partition coefficient (Wildman–Crippen LogP) is 4.61. The van der Waals surface area contributed by atoms with Crippen LogP contribution in [-0.4, -0.2) is 0 Å². The highest BCUT2D eigenvalue weighted by Gasteiger charge is 2.04. The summed E-state index contributed by atoms with van der Waals surface area (Å²) in [5, 5.41) is 0.756. The minimum absolute atomic E-state index is 0.211. The summed E-state index contributed by atoms with van der Waals surface area (Å²) < 4.78 is 18.8. The topological polar surface area (TPSA) is 9.23 Å². The van der Waals surface area contributed by atoms with Crippen LogP contribution in [0.2, 0.25) is 0 Å². The molecule has 94 valence electrons. The van der Waals surface area contributed by atoms with Crippen molar-refractivity contribution in [2.24, 2.45) is 0 Å². The fourth-order valence-corrected chi connectivity index (χ4v) is 2.20. The molecule has 0 aliphatic carbocycles. The molecular weight excluding hydrogens is 295 g/mol. The van der Waals surface area contributed by atoms with E-state index in [9.17, 15) is 4.39 Å². The van der Waals surface area contributed by atoms with Crippen molar-refractivity contribution in [3.8, 4) is 5.75 Å². The predicted molar refractivity (Wildman–Crippen MR) is 74.5 cm³/mol. The Morgan fingerprint density at radius 3 is 2.61 bits per heavy atom. The average molecular weight is 309 g/mol. The van der Waals surface area contributed by atoms with Crippen LogP contribution in [0, 0.1) is 12.7 Å². The van der Waals surface area contributed by atoms with Crippen molar-refractivity contribution in [2.75, 3.05) is 0 Å². The van der Waals surface area contributed by atoms with Gasteiger partial charge in [0.25, 0.3) is 0 Å². The Hall–Kier alpha value is -1.35. The van der Waals surface area contributed by atoms with Gasteiger partial charge in [0.15, 0.2) is 0 Å². The summed E-state index contributed by atoms with van der Waals surface area (Å²) in [5.74, 6) is 0.648. The van der Waals surface area contributed by atoms with Crippen LogP contribution in [0.25, 0.3) is 0 Å². The van der Waals surface area contributed by atoms with Gasteiger partial charge < -0.3 is 4.74 Å². The highest BCUT2D eigenvalue weighted by molar-refractivity contribution is 9.08. The van der Waals surface area contributed by atoms with Gasteiger partial charge in [0.2, 0.25) is 0 Å². The number of aryl methyl sites for hydroxylation is 1. The first kappa shape index (κ1) is 13.1. The largest absolute Gasteiger partial charge is 0.489 e. The van der Waals surface area contributed by atoms with E-state index in [0.29, 0.717) is 6.61 Å². The van der Waals surface area contributed by atoms with Crippen molar-refractivity contribution < 1.29 is 9.13 Å². The molecule has 0 radical (unpaired) electrons. The average Bonchev–Trinajstić information content (AvgIpc) is 2.38. The summed E-state index contributed by atoms with van der Waals surface area (Å²) in [7, 11) is 0. The van der Waals surface area contributed by atoms with Crippen molar-refractivity contribution in [3.63, 3.8) is 0 Å². The molecule has 0 aliphatic rings. The number of rotatable bonds is 4. The standard InChI is InChI=1S/C15H14BrFO/c1-11-8-14(17)7-6-13(11)10-18-15-5-3-2-4-12(15)9-16/h2-8H,9-10H2,1H3. The highest BCUT2D eigenvalue weighted by Crippen LogP contribution is 2.22. The second kappa shape index (κ2) is 6.01. The van der Waals surface area contributed by atoms with E-state index >= 15 is 0 Å². The van der Waals surface area contributed by atoms with Crippen molar-refractivity contribution in [3.05, 3.63) is 65.0 Å². The Bertz CT molecular complexity index is 540. The van der Waals surface area contributed by atoms with Crippen molar-refractivity contribution in [1.29, 1.82) is 0 Å². The lowest BCUT2D eigenvalue weighted by Gasteiger charge is -2.11. The van der Waals surface area contributed by atoms with Crippen molar-refractivity contribution >= 4 is 15.9 Å². The van der Waals surface area contributed by atoms with Crippen LogP contribution in [0.5, 0.6) is 5.75 Å². The Balaban J connectivity index is 2.11. The minimum Gasteiger partial charge on any atom is -0.489 e. The number of halogens is 2. The zero-order chi connectivity index (χ0) is 13.0. The summed E-state index contributed by atoms with van der Waals surface area (Å²) in [5.41, 5.74) is 3.02. The molecule has 2 aromatic rings. The monoisotopic (exact) mass is 308 g/mol. The summed E-state index contributed by atoms with van der Waals surface area (Å²) in [6.07, 6.45) is 0. The molecule has 0 aromatic heterocycles. The van der Waals surface area contributed by atoms with Gasteiger partial charge in [-0.1, -0.05) is 40.2 Å². The molecule has 0 saturated carbocycles. The van der Waals surface area contributed by atoms with E-state index in [-0.39, 0.29) is 5.82 Å². The Morgan fingerprint density at radius 2 is 1.89 bits per heavy atom. The van der Waals surface area contributed by atoms with Crippen molar-refractivity contribution in [2.45, 2.75) is 18.9 Å². The number of para-hydroxylation sites is 1. The molecular formula is C15H14BrFO.